The number of hydrogen-bond donors (Lipinski definition) is 2. The Hall–Kier alpha value is -0.910. The number of hydrogen-bond acceptors (Lipinski definition) is 5. The van der Waals surface area contributed by atoms with Crippen LogP contribution >= 0.6 is 11.6 Å². The van der Waals surface area contributed by atoms with Gasteiger partial charge in [-0.25, -0.2) is 9.97 Å². The second-order valence-electron chi connectivity index (χ2n) is 5.92. The minimum Gasteiger partial charge on any atom is -0.390 e. The van der Waals surface area contributed by atoms with Gasteiger partial charge in [0.2, 0.25) is 5.28 Å². The van der Waals surface area contributed by atoms with Gasteiger partial charge in [-0.15, -0.1) is 0 Å². The number of aliphatic hydroxyl groups is 2. The fourth-order valence-corrected chi connectivity index (χ4v) is 2.28. The van der Waals surface area contributed by atoms with Gasteiger partial charge < -0.3 is 15.1 Å². The van der Waals surface area contributed by atoms with Crippen molar-refractivity contribution in [2.75, 3.05) is 18.0 Å². The number of piperidine rings is 1. The van der Waals surface area contributed by atoms with Crippen molar-refractivity contribution in [1.82, 2.24) is 9.97 Å². The number of rotatable bonds is 2. The van der Waals surface area contributed by atoms with Gasteiger partial charge in [0, 0.05) is 19.2 Å². The summed E-state index contributed by atoms with van der Waals surface area (Å²) in [6, 6.07) is 1.76. The molecular weight excluding hydrogens is 266 g/mol. The molecule has 1 aliphatic rings. The number of halogens is 1. The summed E-state index contributed by atoms with van der Waals surface area (Å²) in [5.74, 6) is 0.702. The third-order valence-electron chi connectivity index (χ3n) is 3.48. The van der Waals surface area contributed by atoms with Crippen LogP contribution < -0.4 is 4.90 Å². The van der Waals surface area contributed by atoms with E-state index in [0.717, 1.165) is 0 Å². The summed E-state index contributed by atoms with van der Waals surface area (Å²) in [6.07, 6.45) is 1.37. The predicted molar refractivity (Wildman–Crippen MR) is 74.4 cm³/mol. The first-order valence-corrected chi connectivity index (χ1v) is 6.80. The van der Waals surface area contributed by atoms with Gasteiger partial charge in [0.05, 0.1) is 11.3 Å². The van der Waals surface area contributed by atoms with Crippen molar-refractivity contribution >= 4 is 17.4 Å². The second kappa shape index (κ2) is 4.89. The summed E-state index contributed by atoms with van der Waals surface area (Å²) in [7, 11) is 0. The van der Waals surface area contributed by atoms with Crippen LogP contribution in [-0.4, -0.2) is 38.9 Å². The molecule has 0 aromatic carbocycles. The Morgan fingerprint density at radius 1 is 1.32 bits per heavy atom. The lowest BCUT2D eigenvalue weighted by Gasteiger charge is -2.36. The minimum absolute atomic E-state index is 0.131. The van der Waals surface area contributed by atoms with Crippen molar-refractivity contribution in [3.8, 4) is 0 Å². The Morgan fingerprint density at radius 2 is 1.89 bits per heavy atom. The zero-order valence-corrected chi connectivity index (χ0v) is 12.3. The molecule has 0 spiro atoms. The molecule has 2 rings (SSSR count). The molecule has 1 aromatic heterocycles. The van der Waals surface area contributed by atoms with Gasteiger partial charge in [-0.05, 0) is 45.2 Å². The molecule has 1 aromatic rings. The molecule has 0 amide bonds. The molecule has 6 heteroatoms. The van der Waals surface area contributed by atoms with Crippen molar-refractivity contribution in [3.05, 3.63) is 17.0 Å². The largest absolute Gasteiger partial charge is 0.390 e. The molecule has 0 bridgehead atoms. The Balaban J connectivity index is 2.24. The normalized spacial score (nSPS) is 19.6. The Labute approximate surface area is 118 Å². The zero-order chi connectivity index (χ0) is 14.3. The lowest BCUT2D eigenvalue weighted by Crippen LogP contribution is -2.43. The van der Waals surface area contributed by atoms with Crippen LogP contribution in [0.2, 0.25) is 5.28 Å². The molecule has 1 fully saturated rings. The fraction of sp³-hybridized carbons (Fsp3) is 0.692. The average Bonchev–Trinajstić information content (AvgIpc) is 2.26. The van der Waals surface area contributed by atoms with E-state index >= 15 is 0 Å². The highest BCUT2D eigenvalue weighted by Crippen LogP contribution is 2.28. The summed E-state index contributed by atoms with van der Waals surface area (Å²) in [4.78, 5) is 10.3. The van der Waals surface area contributed by atoms with Crippen LogP contribution in [0.15, 0.2) is 6.07 Å². The molecule has 0 atom stereocenters. The monoisotopic (exact) mass is 285 g/mol. The Bertz CT molecular complexity index is 461. The van der Waals surface area contributed by atoms with Gasteiger partial charge in [0.15, 0.2) is 0 Å². The highest BCUT2D eigenvalue weighted by molar-refractivity contribution is 6.28. The lowest BCUT2D eigenvalue weighted by atomic mass is 9.94. The third kappa shape index (κ3) is 3.55. The molecule has 0 unspecified atom stereocenters. The molecule has 2 N–H and O–H groups in total. The number of aromatic nitrogens is 2. The second-order valence-corrected chi connectivity index (χ2v) is 6.26. The molecule has 1 saturated heterocycles. The van der Waals surface area contributed by atoms with E-state index in [9.17, 15) is 10.2 Å². The first-order chi connectivity index (χ1) is 8.67. The molecule has 5 nitrogen and oxygen atoms in total. The topological polar surface area (TPSA) is 69.5 Å². The van der Waals surface area contributed by atoms with Crippen LogP contribution in [0.4, 0.5) is 5.82 Å². The van der Waals surface area contributed by atoms with E-state index in [1.807, 2.05) is 6.92 Å². The third-order valence-corrected chi connectivity index (χ3v) is 3.65. The van der Waals surface area contributed by atoms with Crippen molar-refractivity contribution in [1.29, 1.82) is 0 Å². The van der Waals surface area contributed by atoms with Crippen LogP contribution in [0.5, 0.6) is 0 Å². The number of nitrogens with zero attached hydrogens (tertiary/aromatic N) is 3. The maximum Gasteiger partial charge on any atom is 0.224 e. The highest BCUT2D eigenvalue weighted by Gasteiger charge is 2.29. The van der Waals surface area contributed by atoms with Gasteiger partial charge >= 0.3 is 0 Å². The van der Waals surface area contributed by atoms with E-state index < -0.39 is 11.2 Å². The van der Waals surface area contributed by atoms with Crippen LogP contribution in [0, 0.1) is 0 Å². The van der Waals surface area contributed by atoms with E-state index in [1.165, 1.54) is 0 Å². The zero-order valence-electron chi connectivity index (χ0n) is 11.5. The molecule has 0 saturated carbocycles. The van der Waals surface area contributed by atoms with Crippen molar-refractivity contribution < 1.29 is 10.2 Å². The molecule has 0 radical (unpaired) electrons. The Kier molecular flexibility index (Phi) is 3.73. The van der Waals surface area contributed by atoms with Gasteiger partial charge in [-0.2, -0.15) is 0 Å². The van der Waals surface area contributed by atoms with Crippen molar-refractivity contribution in [2.45, 2.75) is 44.8 Å². The van der Waals surface area contributed by atoms with E-state index in [-0.39, 0.29) is 5.28 Å². The van der Waals surface area contributed by atoms with Crippen LogP contribution in [-0.2, 0) is 5.60 Å². The molecule has 0 aliphatic carbocycles. The quantitative estimate of drug-likeness (QED) is 0.810. The smallest absolute Gasteiger partial charge is 0.224 e. The van der Waals surface area contributed by atoms with Gasteiger partial charge in [-0.1, -0.05) is 0 Å². The molecular formula is C13H20ClN3O2. The molecule has 2 heterocycles. The van der Waals surface area contributed by atoms with E-state index in [2.05, 4.69) is 14.9 Å². The van der Waals surface area contributed by atoms with Crippen LogP contribution in [0.3, 0.4) is 0 Å². The van der Waals surface area contributed by atoms with Gasteiger partial charge in [-0.3, -0.25) is 0 Å². The molecule has 106 valence electrons. The van der Waals surface area contributed by atoms with Gasteiger partial charge in [0.1, 0.15) is 11.4 Å². The summed E-state index contributed by atoms with van der Waals surface area (Å²) in [5.41, 5.74) is -1.16. The van der Waals surface area contributed by atoms with E-state index in [1.54, 1.807) is 19.9 Å². The SMILES string of the molecule is CC1(O)CCN(c2cc(C(C)(C)O)nc(Cl)n2)CC1. The maximum atomic E-state index is 10.0. The summed E-state index contributed by atoms with van der Waals surface area (Å²) in [5, 5.41) is 20.1. The average molecular weight is 286 g/mol. The van der Waals surface area contributed by atoms with Crippen molar-refractivity contribution in [2.24, 2.45) is 0 Å². The highest BCUT2D eigenvalue weighted by atomic mass is 35.5. The predicted octanol–water partition coefficient (Wildman–Crippen LogP) is 1.71. The summed E-state index contributed by atoms with van der Waals surface area (Å²) < 4.78 is 0. The summed E-state index contributed by atoms with van der Waals surface area (Å²) in [6.45, 7) is 6.60. The standard InChI is InChI=1S/C13H20ClN3O2/c1-12(2,18)9-8-10(16-11(14)15-9)17-6-4-13(3,19)5-7-17/h8,18-19H,4-7H2,1-3H3. The Morgan fingerprint density at radius 3 is 2.42 bits per heavy atom. The van der Waals surface area contributed by atoms with Crippen LogP contribution in [0.1, 0.15) is 39.3 Å². The molecule has 1 aliphatic heterocycles. The fourth-order valence-electron chi connectivity index (χ4n) is 2.10. The van der Waals surface area contributed by atoms with E-state index in [4.69, 9.17) is 11.6 Å². The first kappa shape index (κ1) is 14.5. The van der Waals surface area contributed by atoms with E-state index in [0.29, 0.717) is 37.4 Å². The van der Waals surface area contributed by atoms with Crippen LogP contribution in [0.25, 0.3) is 0 Å². The van der Waals surface area contributed by atoms with Crippen molar-refractivity contribution in [3.63, 3.8) is 0 Å². The molecule has 19 heavy (non-hydrogen) atoms. The number of anilines is 1. The lowest BCUT2D eigenvalue weighted by molar-refractivity contribution is 0.0349. The maximum absolute atomic E-state index is 10.0. The first-order valence-electron chi connectivity index (χ1n) is 6.42. The summed E-state index contributed by atoms with van der Waals surface area (Å²) >= 11 is 5.92. The van der Waals surface area contributed by atoms with Gasteiger partial charge in [0.25, 0.3) is 0 Å². The minimum atomic E-state index is -1.05.